The van der Waals surface area contributed by atoms with Crippen molar-refractivity contribution >= 4 is 28.2 Å². The number of carbonyl (C=O) groups excluding carboxylic acids is 1. The number of nitrogens with zero attached hydrogens (tertiary/aromatic N) is 3. The van der Waals surface area contributed by atoms with Gasteiger partial charge in [0.15, 0.2) is 0 Å². The van der Waals surface area contributed by atoms with Crippen molar-refractivity contribution in [2.75, 3.05) is 40.0 Å². The van der Waals surface area contributed by atoms with E-state index in [4.69, 9.17) is 9.47 Å². The number of esters is 1. The molecule has 1 aromatic carbocycles. The highest BCUT2D eigenvalue weighted by atomic mass is 32.1. The summed E-state index contributed by atoms with van der Waals surface area (Å²) in [5, 5.41) is 5.09. The van der Waals surface area contributed by atoms with Gasteiger partial charge in [-0.2, -0.15) is 11.3 Å². The quantitative estimate of drug-likeness (QED) is 0.406. The number of ether oxygens (including phenoxy) is 2. The van der Waals surface area contributed by atoms with Gasteiger partial charge in [-0.3, -0.25) is 9.88 Å². The molecule has 164 valence electrons. The fourth-order valence-electron chi connectivity index (χ4n) is 4.28. The molecule has 1 saturated heterocycles. The van der Waals surface area contributed by atoms with E-state index in [-0.39, 0.29) is 5.97 Å². The number of hydrogen-bond donors (Lipinski definition) is 0. The average molecular weight is 448 g/mol. The molecule has 4 aromatic rings. The first-order chi connectivity index (χ1) is 15.7. The number of methoxy groups -OCH3 is 1. The number of morpholine rings is 1. The lowest BCUT2D eigenvalue weighted by molar-refractivity contribution is 0.0365. The number of aromatic nitrogens is 2. The van der Waals surface area contributed by atoms with Crippen LogP contribution in [-0.4, -0.2) is 60.4 Å². The van der Waals surface area contributed by atoms with Gasteiger partial charge in [-0.1, -0.05) is 6.07 Å². The predicted molar refractivity (Wildman–Crippen MR) is 127 cm³/mol. The summed E-state index contributed by atoms with van der Waals surface area (Å²) in [5.41, 5.74) is 5.79. The number of benzene rings is 1. The van der Waals surface area contributed by atoms with Crippen LogP contribution in [0, 0.1) is 0 Å². The number of pyridine rings is 1. The molecule has 6 nitrogen and oxygen atoms in total. The van der Waals surface area contributed by atoms with Gasteiger partial charge in [0.2, 0.25) is 0 Å². The molecule has 5 rings (SSSR count). The van der Waals surface area contributed by atoms with E-state index in [1.807, 2.05) is 24.5 Å². The van der Waals surface area contributed by atoms with Gasteiger partial charge < -0.3 is 14.0 Å². The maximum absolute atomic E-state index is 12.6. The minimum atomic E-state index is -0.329. The van der Waals surface area contributed by atoms with Gasteiger partial charge in [-0.25, -0.2) is 4.79 Å². The Morgan fingerprint density at radius 3 is 2.75 bits per heavy atom. The molecule has 0 bridgehead atoms. The van der Waals surface area contributed by atoms with E-state index in [0.29, 0.717) is 5.56 Å². The molecule has 7 heteroatoms. The molecule has 0 amide bonds. The molecule has 1 aliphatic rings. The Labute approximate surface area is 191 Å². The van der Waals surface area contributed by atoms with Crippen LogP contribution in [0.3, 0.4) is 0 Å². The van der Waals surface area contributed by atoms with Gasteiger partial charge in [0.05, 0.1) is 25.9 Å². The molecule has 0 radical (unpaired) electrons. The van der Waals surface area contributed by atoms with E-state index < -0.39 is 0 Å². The molecular weight excluding hydrogens is 422 g/mol. The smallest absolute Gasteiger partial charge is 0.338 e. The third-order valence-corrected chi connectivity index (χ3v) is 6.66. The van der Waals surface area contributed by atoms with Gasteiger partial charge in [-0.05, 0) is 40.6 Å². The highest BCUT2D eigenvalue weighted by molar-refractivity contribution is 7.08. The van der Waals surface area contributed by atoms with E-state index in [9.17, 15) is 4.79 Å². The van der Waals surface area contributed by atoms with Crippen LogP contribution in [0.25, 0.3) is 33.2 Å². The third kappa shape index (κ3) is 4.07. The lowest BCUT2D eigenvalue weighted by Crippen LogP contribution is -2.38. The Hall–Kier alpha value is -3.00. The lowest BCUT2D eigenvalue weighted by Gasteiger charge is -2.26. The lowest BCUT2D eigenvalue weighted by atomic mass is 10.00. The first kappa shape index (κ1) is 20.9. The van der Waals surface area contributed by atoms with E-state index in [1.54, 1.807) is 11.3 Å². The first-order valence-electron chi connectivity index (χ1n) is 10.7. The second kappa shape index (κ2) is 9.24. The van der Waals surface area contributed by atoms with E-state index in [1.165, 1.54) is 7.11 Å². The highest BCUT2D eigenvalue weighted by Gasteiger charge is 2.20. The SMILES string of the molecule is COC(=O)c1cccc2c1c(-c1cncc(-c3ccsc3)c1)cn2CCN1CCOCC1. The molecule has 1 fully saturated rings. The Balaban J connectivity index is 1.59. The third-order valence-electron chi connectivity index (χ3n) is 5.98. The zero-order chi connectivity index (χ0) is 21.9. The Kier molecular flexibility index (Phi) is 6.03. The van der Waals surface area contributed by atoms with Gasteiger partial charge >= 0.3 is 5.97 Å². The van der Waals surface area contributed by atoms with Crippen LogP contribution in [0.5, 0.6) is 0 Å². The summed E-state index contributed by atoms with van der Waals surface area (Å²) < 4.78 is 12.8. The van der Waals surface area contributed by atoms with Crippen molar-refractivity contribution in [1.29, 1.82) is 0 Å². The maximum Gasteiger partial charge on any atom is 0.338 e. The van der Waals surface area contributed by atoms with E-state index in [0.717, 1.165) is 72.5 Å². The molecule has 3 aromatic heterocycles. The summed E-state index contributed by atoms with van der Waals surface area (Å²) in [6.45, 7) is 5.23. The fraction of sp³-hybridized carbons (Fsp3) is 0.280. The largest absolute Gasteiger partial charge is 0.465 e. The normalized spacial score (nSPS) is 14.7. The standard InChI is InChI=1S/C25H25N3O3S/c1-30-25(29)21-3-2-4-23-24(21)22(16-28(23)7-6-27-8-10-31-11-9-27)20-13-19(14-26-15-20)18-5-12-32-17-18/h2-5,12-17H,6-11H2,1H3. The molecule has 0 aliphatic carbocycles. The maximum atomic E-state index is 12.6. The van der Waals surface area contributed by atoms with Crippen LogP contribution in [0.4, 0.5) is 0 Å². The molecule has 0 atom stereocenters. The second-order valence-corrected chi connectivity index (χ2v) is 8.64. The van der Waals surface area contributed by atoms with Crippen molar-refractivity contribution in [2.24, 2.45) is 0 Å². The average Bonchev–Trinajstić information content (AvgIpc) is 3.51. The van der Waals surface area contributed by atoms with Crippen LogP contribution >= 0.6 is 11.3 Å². The van der Waals surface area contributed by atoms with Crippen LogP contribution < -0.4 is 0 Å². The summed E-state index contributed by atoms with van der Waals surface area (Å²) in [4.78, 5) is 19.5. The van der Waals surface area contributed by atoms with Crippen molar-refractivity contribution < 1.29 is 14.3 Å². The van der Waals surface area contributed by atoms with Gasteiger partial charge in [0.1, 0.15) is 0 Å². The Morgan fingerprint density at radius 1 is 1.12 bits per heavy atom. The van der Waals surface area contributed by atoms with Crippen LogP contribution in [0.15, 0.2) is 59.7 Å². The zero-order valence-electron chi connectivity index (χ0n) is 18.0. The predicted octanol–water partition coefficient (Wildman–Crippen LogP) is 4.55. The van der Waals surface area contributed by atoms with Crippen molar-refractivity contribution in [1.82, 2.24) is 14.5 Å². The number of thiophene rings is 1. The zero-order valence-corrected chi connectivity index (χ0v) is 18.8. The van der Waals surface area contributed by atoms with Crippen molar-refractivity contribution in [2.45, 2.75) is 6.54 Å². The minimum Gasteiger partial charge on any atom is -0.465 e. The van der Waals surface area contributed by atoms with Gasteiger partial charge in [0.25, 0.3) is 0 Å². The van der Waals surface area contributed by atoms with Gasteiger partial charge in [-0.15, -0.1) is 0 Å². The second-order valence-electron chi connectivity index (χ2n) is 7.86. The van der Waals surface area contributed by atoms with Gasteiger partial charge in [0, 0.05) is 72.4 Å². The summed E-state index contributed by atoms with van der Waals surface area (Å²) in [5.74, 6) is -0.329. The molecule has 0 saturated carbocycles. The Bertz CT molecular complexity index is 1230. The van der Waals surface area contributed by atoms with E-state index >= 15 is 0 Å². The molecular formula is C25H25N3O3S. The van der Waals surface area contributed by atoms with Crippen LogP contribution in [0.1, 0.15) is 10.4 Å². The van der Waals surface area contributed by atoms with Crippen molar-refractivity contribution in [3.63, 3.8) is 0 Å². The Morgan fingerprint density at radius 2 is 1.97 bits per heavy atom. The first-order valence-corrected chi connectivity index (χ1v) is 11.7. The number of hydrogen-bond acceptors (Lipinski definition) is 6. The summed E-state index contributed by atoms with van der Waals surface area (Å²) in [6, 6.07) is 10.1. The topological polar surface area (TPSA) is 56.6 Å². The van der Waals surface area contributed by atoms with Crippen molar-refractivity contribution in [3.05, 3.63) is 65.2 Å². The fourth-order valence-corrected chi connectivity index (χ4v) is 4.95. The van der Waals surface area contributed by atoms with E-state index in [2.05, 4.69) is 49.6 Å². The summed E-state index contributed by atoms with van der Waals surface area (Å²) in [7, 11) is 1.43. The minimum absolute atomic E-state index is 0.329. The van der Waals surface area contributed by atoms with Crippen molar-refractivity contribution in [3.8, 4) is 22.3 Å². The molecule has 0 unspecified atom stereocenters. The number of carbonyl (C=O) groups is 1. The summed E-state index contributed by atoms with van der Waals surface area (Å²) >= 11 is 1.67. The summed E-state index contributed by atoms with van der Waals surface area (Å²) in [6.07, 6.45) is 5.89. The molecule has 4 heterocycles. The van der Waals surface area contributed by atoms with Crippen LogP contribution in [-0.2, 0) is 16.0 Å². The monoisotopic (exact) mass is 447 g/mol. The highest BCUT2D eigenvalue weighted by Crippen LogP contribution is 2.35. The molecule has 0 spiro atoms. The van der Waals surface area contributed by atoms with Crippen LogP contribution in [0.2, 0.25) is 0 Å². The molecule has 32 heavy (non-hydrogen) atoms. The molecule has 1 aliphatic heterocycles. The number of rotatable bonds is 6. The molecule has 0 N–H and O–H groups in total. The number of fused-ring (bicyclic) bond motifs is 1.